The summed E-state index contributed by atoms with van der Waals surface area (Å²) in [6, 6.07) is 14.6. The molecule has 0 fully saturated rings. The maximum atomic E-state index is 5.72. The minimum Gasteiger partial charge on any atom is -0.497 e. The number of rotatable bonds is 6. The molecule has 0 atom stereocenters. The molecule has 4 aromatic rings. The molecule has 138 valence electrons. The minimum atomic E-state index is 0.720. The number of nitrogens with two attached hydrogens (primary N) is 1. The van der Waals surface area contributed by atoms with Gasteiger partial charge in [-0.25, -0.2) is 0 Å². The van der Waals surface area contributed by atoms with E-state index in [1.54, 1.807) is 7.11 Å². The van der Waals surface area contributed by atoms with Crippen molar-refractivity contribution in [1.29, 1.82) is 0 Å². The Morgan fingerprint density at radius 2 is 1.96 bits per heavy atom. The van der Waals surface area contributed by atoms with Gasteiger partial charge in [0.1, 0.15) is 5.75 Å². The third-order valence-corrected chi connectivity index (χ3v) is 5.18. The van der Waals surface area contributed by atoms with Gasteiger partial charge in [0.2, 0.25) is 0 Å². The lowest BCUT2D eigenvalue weighted by Gasteiger charge is -2.07. The van der Waals surface area contributed by atoms with Crippen molar-refractivity contribution in [3.05, 3.63) is 59.8 Å². The summed E-state index contributed by atoms with van der Waals surface area (Å²) in [6.45, 7) is 2.84. The molecule has 2 aromatic carbocycles. The maximum Gasteiger partial charge on any atom is 0.119 e. The lowest BCUT2D eigenvalue weighted by Crippen LogP contribution is -1.99. The van der Waals surface area contributed by atoms with Crippen LogP contribution in [0.15, 0.2) is 48.7 Å². The number of nitrogens with one attached hydrogen (secondary N) is 1. The number of nitrogens with zero attached hydrogens (tertiary/aromatic N) is 1. The molecule has 0 spiro atoms. The van der Waals surface area contributed by atoms with Crippen LogP contribution in [0.4, 0.5) is 0 Å². The molecule has 27 heavy (non-hydrogen) atoms. The number of hydrogen-bond donors (Lipinski definition) is 2. The molecule has 0 radical (unpaired) electrons. The van der Waals surface area contributed by atoms with E-state index in [9.17, 15) is 0 Å². The van der Waals surface area contributed by atoms with Gasteiger partial charge in [-0.05, 0) is 68.1 Å². The summed E-state index contributed by atoms with van der Waals surface area (Å²) >= 11 is 0. The Morgan fingerprint density at radius 3 is 2.78 bits per heavy atom. The van der Waals surface area contributed by atoms with Crippen molar-refractivity contribution < 1.29 is 4.74 Å². The zero-order chi connectivity index (χ0) is 18.8. The number of fused-ring (bicyclic) bond motifs is 2. The van der Waals surface area contributed by atoms with Gasteiger partial charge in [0.25, 0.3) is 0 Å². The average molecular weight is 359 g/mol. The Balaban J connectivity index is 1.91. The van der Waals surface area contributed by atoms with Crippen LogP contribution in [-0.4, -0.2) is 23.6 Å². The molecule has 3 N–H and O–H groups in total. The van der Waals surface area contributed by atoms with Gasteiger partial charge in [0.15, 0.2) is 0 Å². The first-order chi connectivity index (χ1) is 13.2. The fourth-order valence-corrected chi connectivity index (χ4v) is 3.77. The van der Waals surface area contributed by atoms with Crippen LogP contribution in [0.5, 0.6) is 5.75 Å². The van der Waals surface area contributed by atoms with Gasteiger partial charge < -0.3 is 15.5 Å². The van der Waals surface area contributed by atoms with E-state index in [0.717, 1.165) is 53.7 Å². The molecule has 4 rings (SSSR count). The van der Waals surface area contributed by atoms with Crippen LogP contribution in [0.2, 0.25) is 0 Å². The van der Waals surface area contributed by atoms with Crippen molar-refractivity contribution in [1.82, 2.24) is 9.97 Å². The molecule has 0 aliphatic rings. The highest BCUT2D eigenvalue weighted by atomic mass is 16.5. The topological polar surface area (TPSA) is 63.9 Å². The maximum absolute atomic E-state index is 5.72. The third-order valence-electron chi connectivity index (χ3n) is 5.18. The van der Waals surface area contributed by atoms with E-state index in [1.807, 2.05) is 18.3 Å². The first-order valence-electron chi connectivity index (χ1n) is 9.45. The first kappa shape index (κ1) is 17.6. The SMILES string of the molecule is COc1cc(C)c2[nH]c(-c3cnc4ccccc4c3)c(CCCCN)c2c1. The summed E-state index contributed by atoms with van der Waals surface area (Å²) < 4.78 is 5.51. The van der Waals surface area contributed by atoms with Crippen LogP contribution in [0.25, 0.3) is 33.1 Å². The largest absolute Gasteiger partial charge is 0.497 e. The molecule has 0 amide bonds. The van der Waals surface area contributed by atoms with Crippen LogP contribution in [0.1, 0.15) is 24.0 Å². The third kappa shape index (κ3) is 3.28. The van der Waals surface area contributed by atoms with Crippen molar-refractivity contribution in [2.75, 3.05) is 13.7 Å². The average Bonchev–Trinajstić information content (AvgIpc) is 3.07. The quantitative estimate of drug-likeness (QED) is 0.477. The summed E-state index contributed by atoms with van der Waals surface area (Å²) in [6.07, 6.45) is 5.02. The predicted molar refractivity (Wildman–Crippen MR) is 112 cm³/mol. The summed E-state index contributed by atoms with van der Waals surface area (Å²) in [5.41, 5.74) is 12.7. The highest BCUT2D eigenvalue weighted by Crippen LogP contribution is 2.36. The molecule has 0 unspecified atom stereocenters. The molecular weight excluding hydrogens is 334 g/mol. The predicted octanol–water partition coefficient (Wildman–Crippen LogP) is 4.98. The first-order valence-corrected chi connectivity index (χ1v) is 9.45. The smallest absolute Gasteiger partial charge is 0.119 e. The number of benzene rings is 2. The number of pyridine rings is 1. The number of aromatic amines is 1. The highest BCUT2D eigenvalue weighted by Gasteiger charge is 2.16. The van der Waals surface area contributed by atoms with Crippen molar-refractivity contribution in [2.24, 2.45) is 5.73 Å². The number of aromatic nitrogens is 2. The highest BCUT2D eigenvalue weighted by molar-refractivity contribution is 5.95. The Bertz CT molecular complexity index is 1100. The second kappa shape index (κ2) is 7.41. The number of ether oxygens (including phenoxy) is 1. The summed E-state index contributed by atoms with van der Waals surface area (Å²) in [5.74, 6) is 0.891. The number of methoxy groups -OCH3 is 1. The molecule has 0 saturated heterocycles. The van der Waals surface area contributed by atoms with Crippen molar-refractivity contribution >= 4 is 21.8 Å². The van der Waals surface area contributed by atoms with Crippen molar-refractivity contribution in [3.63, 3.8) is 0 Å². The zero-order valence-electron chi connectivity index (χ0n) is 15.9. The summed E-state index contributed by atoms with van der Waals surface area (Å²) in [5, 5.41) is 2.38. The van der Waals surface area contributed by atoms with E-state index < -0.39 is 0 Å². The van der Waals surface area contributed by atoms with Gasteiger partial charge in [0.05, 0.1) is 18.3 Å². The number of hydrogen-bond acceptors (Lipinski definition) is 3. The molecule has 4 heteroatoms. The van der Waals surface area contributed by atoms with E-state index in [4.69, 9.17) is 10.5 Å². The van der Waals surface area contributed by atoms with Gasteiger partial charge in [0, 0.05) is 28.0 Å². The van der Waals surface area contributed by atoms with Crippen molar-refractivity contribution in [3.8, 4) is 17.0 Å². The second-order valence-corrected chi connectivity index (χ2v) is 7.01. The van der Waals surface area contributed by atoms with Gasteiger partial charge in [-0.2, -0.15) is 0 Å². The van der Waals surface area contributed by atoms with Crippen LogP contribution >= 0.6 is 0 Å². The zero-order valence-corrected chi connectivity index (χ0v) is 15.9. The lowest BCUT2D eigenvalue weighted by atomic mass is 9.99. The van der Waals surface area contributed by atoms with E-state index >= 15 is 0 Å². The van der Waals surface area contributed by atoms with E-state index in [0.29, 0.717) is 0 Å². The van der Waals surface area contributed by atoms with Crippen LogP contribution in [-0.2, 0) is 6.42 Å². The van der Waals surface area contributed by atoms with Crippen LogP contribution < -0.4 is 10.5 Å². The molecule has 0 aliphatic carbocycles. The van der Waals surface area contributed by atoms with Gasteiger partial charge in [-0.15, -0.1) is 0 Å². The standard InChI is InChI=1S/C23H25N3O/c1-15-11-18(27-2)13-20-19(8-5-6-10-24)23(26-22(15)20)17-12-16-7-3-4-9-21(16)25-14-17/h3-4,7,9,11-14,26H,5-6,8,10,24H2,1-2H3. The molecule has 0 bridgehead atoms. The van der Waals surface area contributed by atoms with Crippen molar-refractivity contribution in [2.45, 2.75) is 26.2 Å². The summed E-state index contributed by atoms with van der Waals surface area (Å²) in [4.78, 5) is 8.32. The Kier molecular flexibility index (Phi) is 4.82. The summed E-state index contributed by atoms with van der Waals surface area (Å²) in [7, 11) is 1.72. The van der Waals surface area contributed by atoms with E-state index in [1.165, 1.54) is 22.0 Å². The normalized spacial score (nSPS) is 11.4. The molecular formula is C23H25N3O. The Labute approximate surface area is 159 Å². The van der Waals surface area contributed by atoms with Gasteiger partial charge >= 0.3 is 0 Å². The molecule has 4 nitrogen and oxygen atoms in total. The second-order valence-electron chi connectivity index (χ2n) is 7.01. The van der Waals surface area contributed by atoms with E-state index in [2.05, 4.69) is 47.2 Å². The Hall–Kier alpha value is -2.85. The molecule has 2 aromatic heterocycles. The van der Waals surface area contributed by atoms with Gasteiger partial charge in [-0.1, -0.05) is 18.2 Å². The van der Waals surface area contributed by atoms with Gasteiger partial charge in [-0.3, -0.25) is 4.98 Å². The van der Waals surface area contributed by atoms with Crippen LogP contribution in [0.3, 0.4) is 0 Å². The number of unbranched alkanes of at least 4 members (excludes halogenated alkanes) is 1. The molecule has 2 heterocycles. The monoisotopic (exact) mass is 359 g/mol. The number of aryl methyl sites for hydroxylation is 2. The fourth-order valence-electron chi connectivity index (χ4n) is 3.77. The van der Waals surface area contributed by atoms with Crippen LogP contribution in [0, 0.1) is 6.92 Å². The number of para-hydroxylation sites is 1. The van der Waals surface area contributed by atoms with E-state index in [-0.39, 0.29) is 0 Å². The Morgan fingerprint density at radius 1 is 1.11 bits per heavy atom. The lowest BCUT2D eigenvalue weighted by molar-refractivity contribution is 0.415. The fraction of sp³-hybridized carbons (Fsp3) is 0.261. The number of H-pyrrole nitrogens is 1. The molecule has 0 aliphatic heterocycles. The molecule has 0 saturated carbocycles. The minimum absolute atomic E-state index is 0.720.